The molecule has 0 heterocycles. The maximum Gasteiger partial charge on any atom is 0.260 e. The van der Waals surface area contributed by atoms with Crippen LogP contribution in [-0.4, -0.2) is 29.9 Å². The smallest absolute Gasteiger partial charge is 0.260 e. The van der Waals surface area contributed by atoms with E-state index in [2.05, 4.69) is 20.8 Å². The molecule has 0 spiro atoms. The fourth-order valence-corrected chi connectivity index (χ4v) is 2.78. The lowest BCUT2D eigenvalue weighted by Crippen LogP contribution is -2.36. The number of primary amides is 1. The normalized spacial score (nSPS) is 11.1. The Kier molecular flexibility index (Phi) is 7.61. The van der Waals surface area contributed by atoms with Crippen molar-refractivity contribution in [3.05, 3.63) is 65.7 Å². The Labute approximate surface area is 167 Å². The highest BCUT2D eigenvalue weighted by Gasteiger charge is 2.18. The monoisotopic (exact) mass is 382 g/mol. The van der Waals surface area contributed by atoms with E-state index in [4.69, 9.17) is 10.5 Å². The lowest BCUT2D eigenvalue weighted by molar-refractivity contribution is -0.134. The Morgan fingerprint density at radius 3 is 2.25 bits per heavy atom. The van der Waals surface area contributed by atoms with Crippen LogP contribution in [0.4, 0.5) is 0 Å². The SMILES string of the molecule is CCC(C)(C)c1ccc(OCC(=O)N(CCC(N)=O)Cc2ccccc2)cc1. The third-order valence-corrected chi connectivity index (χ3v) is 5.08. The van der Waals surface area contributed by atoms with Crippen LogP contribution in [0.15, 0.2) is 54.6 Å². The zero-order valence-corrected chi connectivity index (χ0v) is 17.0. The molecule has 0 radical (unpaired) electrons. The zero-order chi connectivity index (χ0) is 20.6. The molecule has 0 saturated heterocycles. The van der Waals surface area contributed by atoms with Crippen LogP contribution in [0, 0.1) is 0 Å². The number of carbonyl (C=O) groups is 2. The summed E-state index contributed by atoms with van der Waals surface area (Å²) in [4.78, 5) is 25.4. The molecule has 0 atom stereocenters. The number of nitrogens with two attached hydrogens (primary N) is 1. The summed E-state index contributed by atoms with van der Waals surface area (Å²) in [5.41, 5.74) is 7.59. The molecular formula is C23H30N2O3. The van der Waals surface area contributed by atoms with E-state index in [1.807, 2.05) is 54.6 Å². The number of benzene rings is 2. The molecule has 0 fully saturated rings. The van der Waals surface area contributed by atoms with Crippen molar-refractivity contribution in [2.24, 2.45) is 5.73 Å². The number of rotatable bonds is 10. The van der Waals surface area contributed by atoms with E-state index >= 15 is 0 Å². The van der Waals surface area contributed by atoms with Gasteiger partial charge in [-0.2, -0.15) is 0 Å². The molecule has 0 saturated carbocycles. The van der Waals surface area contributed by atoms with E-state index < -0.39 is 5.91 Å². The van der Waals surface area contributed by atoms with E-state index in [1.54, 1.807) is 4.90 Å². The summed E-state index contributed by atoms with van der Waals surface area (Å²) in [6.07, 6.45) is 1.17. The van der Waals surface area contributed by atoms with Crippen LogP contribution in [0.2, 0.25) is 0 Å². The highest BCUT2D eigenvalue weighted by Crippen LogP contribution is 2.28. The summed E-state index contributed by atoms with van der Waals surface area (Å²) in [7, 11) is 0. The van der Waals surface area contributed by atoms with Gasteiger partial charge >= 0.3 is 0 Å². The molecule has 0 aliphatic carbocycles. The second kappa shape index (κ2) is 9.93. The van der Waals surface area contributed by atoms with Crippen molar-refractivity contribution in [2.75, 3.05) is 13.2 Å². The molecule has 0 bridgehead atoms. The highest BCUT2D eigenvalue weighted by atomic mass is 16.5. The molecule has 2 N–H and O–H groups in total. The van der Waals surface area contributed by atoms with Crippen LogP contribution in [0.1, 0.15) is 44.7 Å². The van der Waals surface area contributed by atoms with Gasteiger partial charge in [0, 0.05) is 19.5 Å². The highest BCUT2D eigenvalue weighted by molar-refractivity contribution is 5.79. The van der Waals surface area contributed by atoms with Crippen molar-refractivity contribution in [1.82, 2.24) is 4.90 Å². The second-order valence-electron chi connectivity index (χ2n) is 7.57. The fourth-order valence-electron chi connectivity index (χ4n) is 2.78. The van der Waals surface area contributed by atoms with Gasteiger partial charge in [0.1, 0.15) is 5.75 Å². The van der Waals surface area contributed by atoms with Crippen LogP contribution < -0.4 is 10.5 Å². The minimum absolute atomic E-state index is 0.0812. The van der Waals surface area contributed by atoms with Gasteiger partial charge in [-0.05, 0) is 35.1 Å². The predicted molar refractivity (Wildman–Crippen MR) is 111 cm³/mol. The summed E-state index contributed by atoms with van der Waals surface area (Å²) in [5.74, 6) is 0.0440. The van der Waals surface area contributed by atoms with Gasteiger partial charge in [-0.25, -0.2) is 0 Å². The Morgan fingerprint density at radius 1 is 1.04 bits per heavy atom. The van der Waals surface area contributed by atoms with Gasteiger partial charge in [-0.15, -0.1) is 0 Å². The average molecular weight is 383 g/mol. The van der Waals surface area contributed by atoms with E-state index in [9.17, 15) is 9.59 Å². The Morgan fingerprint density at radius 2 is 1.68 bits per heavy atom. The maximum absolute atomic E-state index is 12.7. The van der Waals surface area contributed by atoms with Crippen LogP contribution in [0.25, 0.3) is 0 Å². The number of carbonyl (C=O) groups excluding carboxylic acids is 2. The van der Waals surface area contributed by atoms with Gasteiger partial charge in [0.25, 0.3) is 5.91 Å². The molecule has 2 amide bonds. The van der Waals surface area contributed by atoms with Crippen LogP contribution in [0.5, 0.6) is 5.75 Å². The van der Waals surface area contributed by atoms with Gasteiger partial charge in [-0.1, -0.05) is 63.2 Å². The number of nitrogens with zero attached hydrogens (tertiary/aromatic N) is 1. The third-order valence-electron chi connectivity index (χ3n) is 5.08. The van der Waals surface area contributed by atoms with Crippen LogP contribution in [0.3, 0.4) is 0 Å². The molecule has 0 aliphatic rings. The Balaban J connectivity index is 1.99. The van der Waals surface area contributed by atoms with Crippen LogP contribution >= 0.6 is 0 Å². The zero-order valence-electron chi connectivity index (χ0n) is 17.0. The van der Waals surface area contributed by atoms with Gasteiger partial charge in [0.05, 0.1) is 0 Å². The molecule has 150 valence electrons. The topological polar surface area (TPSA) is 72.6 Å². The van der Waals surface area contributed by atoms with Crippen molar-refractivity contribution < 1.29 is 14.3 Å². The number of amides is 2. The van der Waals surface area contributed by atoms with Crippen molar-refractivity contribution in [2.45, 2.75) is 45.6 Å². The fraction of sp³-hybridized carbons (Fsp3) is 0.391. The number of hydrogen-bond donors (Lipinski definition) is 1. The maximum atomic E-state index is 12.7. The van der Waals surface area contributed by atoms with E-state index in [1.165, 1.54) is 5.56 Å². The van der Waals surface area contributed by atoms with Crippen molar-refractivity contribution in [3.63, 3.8) is 0 Å². The van der Waals surface area contributed by atoms with Gasteiger partial charge < -0.3 is 15.4 Å². The first-order valence-electron chi connectivity index (χ1n) is 9.65. The van der Waals surface area contributed by atoms with Gasteiger partial charge in [0.15, 0.2) is 6.61 Å². The Hall–Kier alpha value is -2.82. The van der Waals surface area contributed by atoms with E-state index in [0.717, 1.165) is 12.0 Å². The van der Waals surface area contributed by atoms with Crippen LogP contribution in [-0.2, 0) is 21.5 Å². The summed E-state index contributed by atoms with van der Waals surface area (Å²) in [5, 5.41) is 0. The molecule has 5 heteroatoms. The number of hydrogen-bond acceptors (Lipinski definition) is 3. The molecule has 0 unspecified atom stereocenters. The molecule has 5 nitrogen and oxygen atoms in total. The molecule has 0 aromatic heterocycles. The lowest BCUT2D eigenvalue weighted by atomic mass is 9.82. The first kappa shape index (κ1) is 21.5. The minimum Gasteiger partial charge on any atom is -0.484 e. The van der Waals surface area contributed by atoms with E-state index in [-0.39, 0.29) is 30.9 Å². The van der Waals surface area contributed by atoms with Gasteiger partial charge in [0.2, 0.25) is 5.91 Å². The average Bonchev–Trinajstić information content (AvgIpc) is 2.70. The standard InChI is InChI=1S/C23H30N2O3/c1-4-23(2,3)19-10-12-20(13-11-19)28-17-22(27)25(15-14-21(24)26)16-18-8-6-5-7-9-18/h5-13H,4,14-17H2,1-3H3,(H2,24,26). The second-order valence-corrected chi connectivity index (χ2v) is 7.57. The van der Waals surface area contributed by atoms with Crippen molar-refractivity contribution >= 4 is 11.8 Å². The summed E-state index contributed by atoms with van der Waals surface area (Å²) >= 11 is 0. The summed E-state index contributed by atoms with van der Waals surface area (Å²) in [6, 6.07) is 17.5. The third kappa shape index (κ3) is 6.41. The lowest BCUT2D eigenvalue weighted by Gasteiger charge is -2.24. The molecule has 28 heavy (non-hydrogen) atoms. The van der Waals surface area contributed by atoms with Gasteiger partial charge in [-0.3, -0.25) is 9.59 Å². The molecule has 2 aromatic rings. The number of ether oxygens (including phenoxy) is 1. The first-order valence-corrected chi connectivity index (χ1v) is 9.65. The molecule has 0 aliphatic heterocycles. The molecule has 2 rings (SSSR count). The van der Waals surface area contributed by atoms with Crippen molar-refractivity contribution in [1.29, 1.82) is 0 Å². The van der Waals surface area contributed by atoms with Crippen molar-refractivity contribution in [3.8, 4) is 5.75 Å². The Bertz CT molecular complexity index is 770. The molecular weight excluding hydrogens is 352 g/mol. The molecule has 2 aromatic carbocycles. The van der Waals surface area contributed by atoms with E-state index in [0.29, 0.717) is 12.3 Å². The first-order chi connectivity index (χ1) is 13.3. The summed E-state index contributed by atoms with van der Waals surface area (Å²) < 4.78 is 5.69. The quantitative estimate of drug-likeness (QED) is 0.682. The minimum atomic E-state index is -0.430. The predicted octanol–water partition coefficient (Wildman–Crippen LogP) is 3.66. The summed E-state index contributed by atoms with van der Waals surface area (Å²) in [6.45, 7) is 7.17. The largest absolute Gasteiger partial charge is 0.484 e.